The summed E-state index contributed by atoms with van der Waals surface area (Å²) in [6, 6.07) is 0. The Morgan fingerprint density at radius 1 is 1.04 bits per heavy atom. The maximum atomic E-state index is 12.9. The van der Waals surface area contributed by atoms with E-state index in [1.54, 1.807) is 0 Å². The standard InChI is InChI=1S/C14H23F6NO2/c1-4-7-8-10(5-2)9-23-11(22)21-12(6-3,13(15,16)17)14(18,19)20/h10H,4-9H2,1-3H3,(H,21,22)/t10-/m0/s1. The van der Waals surface area contributed by atoms with Crippen molar-refractivity contribution >= 4 is 6.09 Å². The molecule has 0 aromatic carbocycles. The van der Waals surface area contributed by atoms with Crippen LogP contribution >= 0.6 is 0 Å². The van der Waals surface area contributed by atoms with Crippen molar-refractivity contribution in [3.63, 3.8) is 0 Å². The predicted molar refractivity (Wildman–Crippen MR) is 72.9 cm³/mol. The molecule has 0 fully saturated rings. The average Bonchev–Trinajstić information content (AvgIpc) is 2.42. The zero-order valence-electron chi connectivity index (χ0n) is 13.4. The van der Waals surface area contributed by atoms with E-state index in [9.17, 15) is 31.1 Å². The topological polar surface area (TPSA) is 38.3 Å². The Labute approximate surface area is 131 Å². The van der Waals surface area contributed by atoms with Gasteiger partial charge >= 0.3 is 18.4 Å². The molecule has 0 heterocycles. The van der Waals surface area contributed by atoms with E-state index in [4.69, 9.17) is 0 Å². The SMILES string of the molecule is CCCC[C@H](CC)COC(=O)NC(CC)(C(F)(F)F)C(F)(F)F. The maximum absolute atomic E-state index is 12.9. The highest BCUT2D eigenvalue weighted by Gasteiger charge is 2.70. The average molecular weight is 351 g/mol. The van der Waals surface area contributed by atoms with Crippen molar-refractivity contribution in [2.24, 2.45) is 5.92 Å². The number of ether oxygens (including phenoxy) is 1. The molecule has 0 spiro atoms. The first kappa shape index (κ1) is 21.9. The molecule has 0 aliphatic heterocycles. The largest absolute Gasteiger partial charge is 0.449 e. The number of rotatable bonds is 8. The molecule has 0 aromatic rings. The molecule has 9 heteroatoms. The maximum Gasteiger partial charge on any atom is 0.420 e. The Kier molecular flexibility index (Phi) is 8.20. The Hall–Kier alpha value is -1.15. The lowest BCUT2D eigenvalue weighted by Crippen LogP contribution is -2.67. The minimum absolute atomic E-state index is 0.0894. The molecular formula is C14H23F6NO2. The molecule has 1 N–H and O–H groups in total. The van der Waals surface area contributed by atoms with E-state index in [0.717, 1.165) is 18.2 Å². The highest BCUT2D eigenvalue weighted by molar-refractivity contribution is 5.68. The van der Waals surface area contributed by atoms with Gasteiger partial charge in [0, 0.05) is 0 Å². The Morgan fingerprint density at radius 3 is 1.91 bits per heavy atom. The van der Waals surface area contributed by atoms with Gasteiger partial charge in [0.2, 0.25) is 5.54 Å². The summed E-state index contributed by atoms with van der Waals surface area (Å²) in [4.78, 5) is 11.5. The first-order valence-corrected chi connectivity index (χ1v) is 7.53. The zero-order valence-corrected chi connectivity index (χ0v) is 13.4. The number of alkyl halides is 6. The minimum atomic E-state index is -5.68. The molecule has 0 saturated heterocycles. The van der Waals surface area contributed by atoms with Crippen molar-refractivity contribution in [1.82, 2.24) is 5.32 Å². The number of carbonyl (C=O) groups is 1. The van der Waals surface area contributed by atoms with Crippen LogP contribution in [-0.4, -0.2) is 30.6 Å². The Morgan fingerprint density at radius 2 is 1.57 bits per heavy atom. The highest BCUT2D eigenvalue weighted by Crippen LogP contribution is 2.45. The molecule has 0 aliphatic carbocycles. The molecule has 0 radical (unpaired) electrons. The number of alkyl carbamates (subject to hydrolysis) is 1. The number of amides is 1. The third-order valence-corrected chi connectivity index (χ3v) is 3.81. The van der Waals surface area contributed by atoms with Gasteiger partial charge in [0.1, 0.15) is 0 Å². The second-order valence-corrected chi connectivity index (χ2v) is 5.39. The summed E-state index contributed by atoms with van der Waals surface area (Å²) in [6.07, 6.45) is -11.4. The summed E-state index contributed by atoms with van der Waals surface area (Å²) >= 11 is 0. The fourth-order valence-corrected chi connectivity index (χ4v) is 2.09. The lowest BCUT2D eigenvalue weighted by molar-refractivity contribution is -0.305. The van der Waals surface area contributed by atoms with Gasteiger partial charge in [0.15, 0.2) is 0 Å². The molecule has 1 amide bonds. The molecule has 0 unspecified atom stereocenters. The molecule has 138 valence electrons. The number of nitrogens with one attached hydrogen (secondary N) is 1. The molecule has 0 rings (SSSR count). The van der Waals surface area contributed by atoms with Crippen LogP contribution in [0.3, 0.4) is 0 Å². The van der Waals surface area contributed by atoms with E-state index in [2.05, 4.69) is 4.74 Å². The molecule has 3 nitrogen and oxygen atoms in total. The summed E-state index contributed by atoms with van der Waals surface area (Å²) in [5.74, 6) is -0.0894. The molecule has 0 aromatic heterocycles. The van der Waals surface area contributed by atoms with E-state index in [1.165, 1.54) is 0 Å². The van der Waals surface area contributed by atoms with E-state index in [0.29, 0.717) is 19.8 Å². The molecule has 1 atom stereocenters. The smallest absolute Gasteiger partial charge is 0.420 e. The van der Waals surface area contributed by atoms with Crippen LogP contribution in [0.1, 0.15) is 52.9 Å². The monoisotopic (exact) mass is 351 g/mol. The predicted octanol–water partition coefficient (Wildman–Crippen LogP) is 5.20. The Balaban J connectivity index is 4.93. The summed E-state index contributed by atoms with van der Waals surface area (Å²) in [5, 5.41) is 0.984. The number of halogens is 6. The first-order chi connectivity index (χ1) is 10.4. The van der Waals surface area contributed by atoms with Crippen LogP contribution in [0.5, 0.6) is 0 Å². The fraction of sp³-hybridized carbons (Fsp3) is 0.929. The summed E-state index contributed by atoms with van der Waals surface area (Å²) < 4.78 is 81.8. The number of hydrogen-bond donors (Lipinski definition) is 1. The lowest BCUT2D eigenvalue weighted by Gasteiger charge is -2.36. The van der Waals surface area contributed by atoms with Gasteiger partial charge in [-0.25, -0.2) is 4.79 Å². The number of unbranched alkanes of at least 4 members (excludes halogenated alkanes) is 1. The third kappa shape index (κ3) is 5.76. The Bertz CT molecular complexity index is 353. The van der Waals surface area contributed by atoms with Gasteiger partial charge in [-0.05, 0) is 18.8 Å². The van der Waals surface area contributed by atoms with Gasteiger partial charge in [0.25, 0.3) is 0 Å². The molecule has 0 bridgehead atoms. The van der Waals surface area contributed by atoms with Gasteiger partial charge in [-0.3, -0.25) is 5.32 Å². The second-order valence-electron chi connectivity index (χ2n) is 5.39. The van der Waals surface area contributed by atoms with Crippen molar-refractivity contribution in [1.29, 1.82) is 0 Å². The summed E-state index contributed by atoms with van der Waals surface area (Å²) in [5.41, 5.74) is -4.30. The van der Waals surface area contributed by atoms with E-state index >= 15 is 0 Å². The fourth-order valence-electron chi connectivity index (χ4n) is 2.09. The second kappa shape index (κ2) is 8.63. The van der Waals surface area contributed by atoms with Gasteiger partial charge in [-0.15, -0.1) is 0 Å². The summed E-state index contributed by atoms with van der Waals surface area (Å²) in [7, 11) is 0. The number of hydrogen-bond acceptors (Lipinski definition) is 2. The van der Waals surface area contributed by atoms with Crippen molar-refractivity contribution in [3.8, 4) is 0 Å². The van der Waals surface area contributed by atoms with Crippen LogP contribution in [0, 0.1) is 5.92 Å². The zero-order chi connectivity index (χ0) is 18.3. The van der Waals surface area contributed by atoms with Gasteiger partial charge in [0.05, 0.1) is 6.61 Å². The van der Waals surface area contributed by atoms with Crippen LogP contribution in [-0.2, 0) is 4.74 Å². The molecule has 0 saturated carbocycles. The highest BCUT2D eigenvalue weighted by atomic mass is 19.4. The van der Waals surface area contributed by atoms with Crippen molar-refractivity contribution in [2.75, 3.05) is 6.61 Å². The van der Waals surface area contributed by atoms with E-state index in [-0.39, 0.29) is 12.5 Å². The van der Waals surface area contributed by atoms with Crippen LogP contribution in [0.15, 0.2) is 0 Å². The van der Waals surface area contributed by atoms with Crippen LogP contribution < -0.4 is 5.32 Å². The van der Waals surface area contributed by atoms with Crippen molar-refractivity contribution in [3.05, 3.63) is 0 Å². The molecular weight excluding hydrogens is 328 g/mol. The molecule has 0 aliphatic rings. The minimum Gasteiger partial charge on any atom is -0.449 e. The van der Waals surface area contributed by atoms with Crippen LogP contribution in [0.25, 0.3) is 0 Å². The third-order valence-electron chi connectivity index (χ3n) is 3.81. The number of carbonyl (C=O) groups excluding carboxylic acids is 1. The molecule has 23 heavy (non-hydrogen) atoms. The van der Waals surface area contributed by atoms with E-state index < -0.39 is 30.4 Å². The van der Waals surface area contributed by atoms with Gasteiger partial charge < -0.3 is 4.74 Å². The van der Waals surface area contributed by atoms with Gasteiger partial charge in [-0.1, -0.05) is 40.0 Å². The normalized spacial score (nSPS) is 14.5. The quantitative estimate of drug-likeness (QED) is 0.610. The first-order valence-electron chi connectivity index (χ1n) is 7.53. The van der Waals surface area contributed by atoms with Crippen molar-refractivity contribution in [2.45, 2.75) is 70.8 Å². The van der Waals surface area contributed by atoms with Crippen molar-refractivity contribution < 1.29 is 35.9 Å². The van der Waals surface area contributed by atoms with Crippen LogP contribution in [0.2, 0.25) is 0 Å². The lowest BCUT2D eigenvalue weighted by atomic mass is 9.94. The van der Waals surface area contributed by atoms with Gasteiger partial charge in [-0.2, -0.15) is 26.3 Å². The van der Waals surface area contributed by atoms with E-state index in [1.807, 2.05) is 13.8 Å². The summed E-state index contributed by atoms with van der Waals surface area (Å²) in [6.45, 7) is 4.25. The van der Waals surface area contributed by atoms with Crippen LogP contribution in [0.4, 0.5) is 31.1 Å².